The van der Waals surface area contributed by atoms with Crippen LogP contribution in [0.2, 0.25) is 5.02 Å². The Labute approximate surface area is 177 Å². The molecule has 150 valence electrons. The molecular formula is C19H17ClN4O3S2. The first-order valence-electron chi connectivity index (χ1n) is 8.82. The Kier molecular flexibility index (Phi) is 5.05. The van der Waals surface area contributed by atoms with E-state index in [-0.39, 0.29) is 39.7 Å². The molecule has 3 aromatic rings. The van der Waals surface area contributed by atoms with E-state index >= 15 is 0 Å². The number of carbonyl (C=O) groups excluding carboxylic acids is 1. The maximum Gasteiger partial charge on any atom is 0.264 e. The molecule has 1 aliphatic heterocycles. The first-order chi connectivity index (χ1) is 13.8. The lowest BCUT2D eigenvalue weighted by molar-refractivity contribution is 0.0711. The van der Waals surface area contributed by atoms with Crippen LogP contribution in [0.1, 0.15) is 24.2 Å². The number of sulfonamides is 1. The van der Waals surface area contributed by atoms with Gasteiger partial charge in [0, 0.05) is 17.1 Å². The van der Waals surface area contributed by atoms with E-state index in [0.717, 1.165) is 11.7 Å². The smallest absolute Gasteiger partial charge is 0.264 e. The summed E-state index contributed by atoms with van der Waals surface area (Å²) < 4.78 is 36.9. The van der Waals surface area contributed by atoms with E-state index in [1.165, 1.54) is 18.2 Å². The van der Waals surface area contributed by atoms with Gasteiger partial charge >= 0.3 is 0 Å². The van der Waals surface area contributed by atoms with Gasteiger partial charge in [-0.1, -0.05) is 29.8 Å². The summed E-state index contributed by atoms with van der Waals surface area (Å²) in [5.41, 5.74) is 1.12. The largest absolute Gasteiger partial charge is 0.326 e. The van der Waals surface area contributed by atoms with Crippen molar-refractivity contribution < 1.29 is 13.2 Å². The minimum absolute atomic E-state index is 0.00769. The molecule has 2 unspecified atom stereocenters. The van der Waals surface area contributed by atoms with Gasteiger partial charge in [0.25, 0.3) is 15.9 Å². The van der Waals surface area contributed by atoms with Crippen molar-refractivity contribution in [2.75, 3.05) is 4.72 Å². The molecule has 1 aliphatic rings. The lowest BCUT2D eigenvalue weighted by Crippen LogP contribution is -2.39. The fourth-order valence-electron chi connectivity index (χ4n) is 3.37. The Morgan fingerprint density at radius 3 is 2.59 bits per heavy atom. The predicted molar refractivity (Wildman–Crippen MR) is 114 cm³/mol. The quantitative estimate of drug-likeness (QED) is 0.610. The van der Waals surface area contributed by atoms with E-state index in [1.54, 1.807) is 23.1 Å². The minimum Gasteiger partial charge on any atom is -0.326 e. The van der Waals surface area contributed by atoms with Crippen LogP contribution in [0.3, 0.4) is 0 Å². The van der Waals surface area contributed by atoms with Crippen LogP contribution in [0.25, 0.3) is 11.0 Å². The van der Waals surface area contributed by atoms with Crippen LogP contribution in [0, 0.1) is 0 Å². The maximum absolute atomic E-state index is 13.2. The SMILES string of the molecule is CC1C=CC(C)N1C(=O)c1ccc(Cl)cc1NS(=O)(=O)c1cccc2nsnc12. The lowest BCUT2D eigenvalue weighted by Gasteiger charge is -2.27. The first kappa shape index (κ1) is 19.8. The molecule has 1 aromatic heterocycles. The Morgan fingerprint density at radius 1 is 1.14 bits per heavy atom. The van der Waals surface area contributed by atoms with Crippen molar-refractivity contribution in [3.8, 4) is 0 Å². The minimum atomic E-state index is -4.02. The van der Waals surface area contributed by atoms with Crippen LogP contribution in [0.4, 0.5) is 5.69 Å². The van der Waals surface area contributed by atoms with Crippen molar-refractivity contribution in [3.63, 3.8) is 0 Å². The summed E-state index contributed by atoms with van der Waals surface area (Å²) in [4.78, 5) is 14.9. The number of halogens is 1. The summed E-state index contributed by atoms with van der Waals surface area (Å²) >= 11 is 7.03. The number of amides is 1. The van der Waals surface area contributed by atoms with Gasteiger partial charge in [-0.05, 0) is 44.2 Å². The molecule has 4 rings (SSSR count). The van der Waals surface area contributed by atoms with E-state index in [9.17, 15) is 13.2 Å². The molecule has 7 nitrogen and oxygen atoms in total. The monoisotopic (exact) mass is 448 g/mol. The Balaban J connectivity index is 1.75. The normalized spacial score (nSPS) is 19.1. The third-order valence-electron chi connectivity index (χ3n) is 4.78. The van der Waals surface area contributed by atoms with E-state index in [1.807, 2.05) is 26.0 Å². The van der Waals surface area contributed by atoms with Gasteiger partial charge in [-0.3, -0.25) is 9.52 Å². The van der Waals surface area contributed by atoms with Crippen LogP contribution in [0.5, 0.6) is 0 Å². The number of hydrogen-bond acceptors (Lipinski definition) is 6. The number of anilines is 1. The zero-order chi connectivity index (χ0) is 20.8. The zero-order valence-corrected chi connectivity index (χ0v) is 17.9. The van der Waals surface area contributed by atoms with E-state index < -0.39 is 10.0 Å². The number of hydrogen-bond donors (Lipinski definition) is 1. The molecule has 29 heavy (non-hydrogen) atoms. The molecule has 1 amide bonds. The molecule has 0 spiro atoms. The first-order valence-corrected chi connectivity index (χ1v) is 11.4. The molecule has 2 atom stereocenters. The van der Waals surface area contributed by atoms with E-state index in [0.29, 0.717) is 10.5 Å². The lowest BCUT2D eigenvalue weighted by atomic mass is 10.1. The fourth-order valence-corrected chi connectivity index (χ4v) is 5.38. The summed E-state index contributed by atoms with van der Waals surface area (Å²) in [6.07, 6.45) is 3.89. The molecule has 0 aliphatic carbocycles. The molecule has 0 saturated heterocycles. The molecule has 0 radical (unpaired) electrons. The molecular weight excluding hydrogens is 432 g/mol. The van der Waals surface area contributed by atoms with Gasteiger partial charge in [0.15, 0.2) is 0 Å². The van der Waals surface area contributed by atoms with Crippen LogP contribution in [-0.4, -0.2) is 40.1 Å². The second kappa shape index (κ2) is 7.40. The highest BCUT2D eigenvalue weighted by atomic mass is 35.5. The van der Waals surface area contributed by atoms with Crippen molar-refractivity contribution in [1.82, 2.24) is 13.6 Å². The number of benzene rings is 2. The van der Waals surface area contributed by atoms with Crippen LogP contribution in [-0.2, 0) is 10.0 Å². The fraction of sp³-hybridized carbons (Fsp3) is 0.211. The summed E-state index contributed by atoms with van der Waals surface area (Å²) in [5.74, 6) is -0.280. The number of nitrogens with zero attached hydrogens (tertiary/aromatic N) is 3. The van der Waals surface area contributed by atoms with Gasteiger partial charge in [0.1, 0.15) is 15.9 Å². The standard InChI is InChI=1S/C19H17ClN4O3S2/c1-11-6-7-12(2)24(11)19(25)14-9-8-13(20)10-16(14)23-29(26,27)17-5-3-4-15-18(17)22-28-21-15/h3-12,23H,1-2H3. The number of carbonyl (C=O) groups is 1. The predicted octanol–water partition coefficient (Wildman–Crippen LogP) is 3.93. The number of fused-ring (bicyclic) bond motifs is 1. The number of nitrogens with one attached hydrogen (secondary N) is 1. The molecule has 2 aromatic carbocycles. The van der Waals surface area contributed by atoms with E-state index in [2.05, 4.69) is 13.5 Å². The second-order valence-corrected chi connectivity index (χ2v) is 9.38. The van der Waals surface area contributed by atoms with Gasteiger partial charge in [-0.25, -0.2) is 8.42 Å². The van der Waals surface area contributed by atoms with Crippen molar-refractivity contribution in [2.24, 2.45) is 0 Å². The van der Waals surface area contributed by atoms with Crippen molar-refractivity contribution in [2.45, 2.75) is 30.8 Å². The van der Waals surface area contributed by atoms with Crippen molar-refractivity contribution in [1.29, 1.82) is 0 Å². The average Bonchev–Trinajstić information content (AvgIpc) is 3.27. The maximum atomic E-state index is 13.2. The van der Waals surface area contributed by atoms with Crippen LogP contribution >= 0.6 is 23.3 Å². The van der Waals surface area contributed by atoms with Gasteiger partial charge in [0.2, 0.25) is 0 Å². The molecule has 0 saturated carbocycles. The highest BCUT2D eigenvalue weighted by Gasteiger charge is 2.30. The summed E-state index contributed by atoms with van der Waals surface area (Å²) in [7, 11) is -4.02. The van der Waals surface area contributed by atoms with Crippen molar-refractivity contribution in [3.05, 3.63) is 59.1 Å². The molecule has 2 heterocycles. The zero-order valence-electron chi connectivity index (χ0n) is 15.5. The highest BCUT2D eigenvalue weighted by Crippen LogP contribution is 2.29. The number of rotatable bonds is 4. The summed E-state index contributed by atoms with van der Waals surface area (Å²) in [6, 6.07) is 9.09. The van der Waals surface area contributed by atoms with Gasteiger partial charge < -0.3 is 4.90 Å². The van der Waals surface area contributed by atoms with Gasteiger partial charge in [-0.2, -0.15) is 8.75 Å². The van der Waals surface area contributed by atoms with Crippen LogP contribution in [0.15, 0.2) is 53.4 Å². The molecule has 0 fully saturated rings. The molecule has 10 heteroatoms. The van der Waals surface area contributed by atoms with Crippen molar-refractivity contribution >= 4 is 56.0 Å². The topological polar surface area (TPSA) is 92.3 Å². The summed E-state index contributed by atoms with van der Waals surface area (Å²) in [5, 5.41) is 0.313. The van der Waals surface area contributed by atoms with Gasteiger partial charge in [0.05, 0.1) is 23.0 Å². The Hall–Kier alpha value is -2.49. The Morgan fingerprint density at radius 2 is 1.86 bits per heavy atom. The highest BCUT2D eigenvalue weighted by molar-refractivity contribution is 7.93. The van der Waals surface area contributed by atoms with Gasteiger partial charge in [-0.15, -0.1) is 0 Å². The number of aromatic nitrogens is 2. The third-order valence-corrected chi connectivity index (χ3v) is 6.95. The Bertz CT molecular complexity index is 1230. The van der Waals surface area contributed by atoms with E-state index in [4.69, 9.17) is 11.6 Å². The average molecular weight is 449 g/mol. The van der Waals surface area contributed by atoms with Crippen LogP contribution < -0.4 is 4.72 Å². The molecule has 0 bridgehead atoms. The summed E-state index contributed by atoms with van der Waals surface area (Å²) in [6.45, 7) is 3.82. The molecule has 1 N–H and O–H groups in total. The third kappa shape index (κ3) is 3.61. The second-order valence-electron chi connectivity index (χ2n) is 6.76.